The Morgan fingerprint density at radius 1 is 1.03 bits per heavy atom. The van der Waals surface area contributed by atoms with E-state index in [1.807, 2.05) is 0 Å². The third kappa shape index (κ3) is 4.00. The molecule has 2 aromatic carbocycles. The highest BCUT2D eigenvalue weighted by molar-refractivity contribution is 5.63. The Balaban J connectivity index is 1.63. The van der Waals surface area contributed by atoms with E-state index >= 15 is 0 Å². The van der Waals surface area contributed by atoms with Crippen LogP contribution in [0, 0.1) is 17.5 Å². The number of ether oxygens (including phenoxy) is 1. The number of nitrogens with zero attached hydrogens (tertiary/aromatic N) is 2. The van der Waals surface area contributed by atoms with Crippen molar-refractivity contribution in [3.63, 3.8) is 0 Å². The number of benzene rings is 2. The van der Waals surface area contributed by atoms with Crippen LogP contribution in [0.1, 0.15) is 31.4 Å². The Hall–Kier alpha value is -2.80. The van der Waals surface area contributed by atoms with E-state index in [1.54, 1.807) is 20.0 Å². The number of halogens is 3. The molecule has 0 spiro atoms. The SMILES string of the molecule is CC(C)(O)Cn1cc(-c2cc(F)c(Oc3ccc(F)c4c3CCC4)c(F)c2)cn1. The maximum Gasteiger partial charge on any atom is 0.198 e. The van der Waals surface area contributed by atoms with Crippen molar-refractivity contribution in [2.75, 3.05) is 0 Å². The van der Waals surface area contributed by atoms with Crippen LogP contribution < -0.4 is 4.74 Å². The van der Waals surface area contributed by atoms with Gasteiger partial charge >= 0.3 is 0 Å². The normalized spacial score (nSPS) is 13.6. The minimum atomic E-state index is -0.965. The molecule has 0 bridgehead atoms. The average molecular weight is 402 g/mol. The second-order valence-electron chi connectivity index (χ2n) is 7.97. The summed E-state index contributed by atoms with van der Waals surface area (Å²) < 4.78 is 50.3. The maximum atomic E-state index is 14.7. The summed E-state index contributed by atoms with van der Waals surface area (Å²) in [6.45, 7) is 3.53. The molecule has 1 aliphatic rings. The van der Waals surface area contributed by atoms with E-state index in [9.17, 15) is 18.3 Å². The van der Waals surface area contributed by atoms with Crippen LogP contribution >= 0.6 is 0 Å². The third-order valence-corrected chi connectivity index (χ3v) is 4.91. The summed E-state index contributed by atoms with van der Waals surface area (Å²) in [5.74, 6) is -2.26. The number of hydrogen-bond acceptors (Lipinski definition) is 3. The summed E-state index contributed by atoms with van der Waals surface area (Å²) in [7, 11) is 0. The van der Waals surface area contributed by atoms with Crippen LogP contribution in [0.4, 0.5) is 13.2 Å². The molecule has 1 aromatic heterocycles. The lowest BCUT2D eigenvalue weighted by Gasteiger charge is -2.16. The summed E-state index contributed by atoms with van der Waals surface area (Å²) >= 11 is 0. The van der Waals surface area contributed by atoms with Crippen LogP contribution in [0.25, 0.3) is 11.1 Å². The number of aliphatic hydroxyl groups is 1. The summed E-state index contributed by atoms with van der Waals surface area (Å²) in [5, 5.41) is 14.0. The Morgan fingerprint density at radius 2 is 1.72 bits per heavy atom. The van der Waals surface area contributed by atoms with E-state index in [1.165, 1.54) is 35.1 Å². The van der Waals surface area contributed by atoms with Gasteiger partial charge < -0.3 is 9.84 Å². The second kappa shape index (κ2) is 7.22. The van der Waals surface area contributed by atoms with Crippen molar-refractivity contribution in [3.8, 4) is 22.6 Å². The minimum Gasteiger partial charge on any atom is -0.451 e. The number of rotatable bonds is 5. The molecule has 152 valence electrons. The van der Waals surface area contributed by atoms with Crippen LogP contribution in [-0.2, 0) is 19.4 Å². The zero-order valence-corrected chi connectivity index (χ0v) is 16.2. The first-order valence-corrected chi connectivity index (χ1v) is 9.43. The molecule has 0 saturated heterocycles. The van der Waals surface area contributed by atoms with Crippen LogP contribution in [0.2, 0.25) is 0 Å². The first-order valence-electron chi connectivity index (χ1n) is 9.43. The van der Waals surface area contributed by atoms with E-state index in [4.69, 9.17) is 4.74 Å². The standard InChI is InChI=1S/C22H21F3N2O2/c1-22(2,28)12-27-11-14(10-26-27)13-8-18(24)21(19(25)9-13)29-20-7-6-17(23)15-4-3-5-16(15)20/h6-11,28H,3-5,12H2,1-2H3. The molecule has 4 rings (SSSR count). The maximum absolute atomic E-state index is 14.7. The molecular weight excluding hydrogens is 381 g/mol. The molecule has 0 unspecified atom stereocenters. The van der Waals surface area contributed by atoms with Gasteiger partial charge in [0.25, 0.3) is 0 Å². The van der Waals surface area contributed by atoms with Gasteiger partial charge in [-0.05, 0) is 68.5 Å². The van der Waals surface area contributed by atoms with Crippen molar-refractivity contribution in [1.29, 1.82) is 0 Å². The van der Waals surface area contributed by atoms with Crippen molar-refractivity contribution in [1.82, 2.24) is 9.78 Å². The van der Waals surface area contributed by atoms with E-state index in [0.29, 0.717) is 35.1 Å². The summed E-state index contributed by atoms with van der Waals surface area (Å²) in [4.78, 5) is 0. The zero-order valence-electron chi connectivity index (χ0n) is 16.2. The largest absolute Gasteiger partial charge is 0.451 e. The van der Waals surface area contributed by atoms with Crippen molar-refractivity contribution in [3.05, 3.63) is 65.2 Å². The monoisotopic (exact) mass is 402 g/mol. The molecule has 0 atom stereocenters. The minimum absolute atomic E-state index is 0.245. The fraction of sp³-hybridized carbons (Fsp3) is 0.318. The first kappa shape index (κ1) is 19.5. The average Bonchev–Trinajstić information content (AvgIpc) is 3.28. The van der Waals surface area contributed by atoms with E-state index < -0.39 is 23.0 Å². The summed E-state index contributed by atoms with van der Waals surface area (Å²) in [5.41, 5.74) is 1.08. The molecule has 1 N–H and O–H groups in total. The Labute approximate surface area is 166 Å². The van der Waals surface area contributed by atoms with Crippen molar-refractivity contribution in [2.24, 2.45) is 0 Å². The van der Waals surface area contributed by atoms with Crippen LogP contribution in [0.3, 0.4) is 0 Å². The van der Waals surface area contributed by atoms with Crippen LogP contribution in [-0.4, -0.2) is 20.5 Å². The lowest BCUT2D eigenvalue weighted by Crippen LogP contribution is -2.26. The first-order chi connectivity index (χ1) is 13.7. The topological polar surface area (TPSA) is 47.3 Å². The molecule has 0 aliphatic heterocycles. The van der Waals surface area contributed by atoms with Gasteiger partial charge in [0.15, 0.2) is 17.4 Å². The lowest BCUT2D eigenvalue weighted by molar-refractivity contribution is 0.0577. The molecular formula is C22H21F3N2O2. The molecule has 0 fully saturated rings. The summed E-state index contributed by atoms with van der Waals surface area (Å²) in [6, 6.07) is 5.02. The molecule has 4 nitrogen and oxygen atoms in total. The van der Waals surface area contributed by atoms with E-state index in [0.717, 1.165) is 6.42 Å². The van der Waals surface area contributed by atoms with Gasteiger partial charge in [0, 0.05) is 17.3 Å². The zero-order chi connectivity index (χ0) is 20.8. The van der Waals surface area contributed by atoms with Gasteiger partial charge in [0.1, 0.15) is 11.6 Å². The lowest BCUT2D eigenvalue weighted by atomic mass is 10.1. The highest BCUT2D eigenvalue weighted by Crippen LogP contribution is 2.38. The van der Waals surface area contributed by atoms with E-state index in [-0.39, 0.29) is 18.1 Å². The van der Waals surface area contributed by atoms with Crippen molar-refractivity contribution in [2.45, 2.75) is 45.3 Å². The van der Waals surface area contributed by atoms with Crippen molar-refractivity contribution >= 4 is 0 Å². The molecule has 29 heavy (non-hydrogen) atoms. The molecule has 7 heteroatoms. The number of aromatic nitrogens is 2. The van der Waals surface area contributed by atoms with E-state index in [2.05, 4.69) is 5.10 Å². The van der Waals surface area contributed by atoms with Crippen molar-refractivity contribution < 1.29 is 23.0 Å². The van der Waals surface area contributed by atoms with Gasteiger partial charge in [-0.15, -0.1) is 0 Å². The predicted octanol–water partition coefficient (Wildman–Crippen LogP) is 5.02. The molecule has 0 saturated carbocycles. The molecule has 1 aliphatic carbocycles. The number of hydrogen-bond donors (Lipinski definition) is 1. The third-order valence-electron chi connectivity index (χ3n) is 4.91. The Morgan fingerprint density at radius 3 is 2.41 bits per heavy atom. The van der Waals surface area contributed by atoms with Crippen LogP contribution in [0.5, 0.6) is 11.5 Å². The smallest absolute Gasteiger partial charge is 0.198 e. The fourth-order valence-corrected chi connectivity index (χ4v) is 3.65. The Kier molecular flexibility index (Phi) is 4.86. The molecule has 0 radical (unpaired) electrons. The highest BCUT2D eigenvalue weighted by atomic mass is 19.1. The predicted molar refractivity (Wildman–Crippen MR) is 102 cm³/mol. The quantitative estimate of drug-likeness (QED) is 0.652. The van der Waals surface area contributed by atoms with Gasteiger partial charge in [-0.25, -0.2) is 13.2 Å². The van der Waals surface area contributed by atoms with Gasteiger partial charge in [0.05, 0.1) is 18.3 Å². The van der Waals surface area contributed by atoms with Gasteiger partial charge in [0.2, 0.25) is 0 Å². The molecule has 3 aromatic rings. The summed E-state index contributed by atoms with van der Waals surface area (Å²) in [6.07, 6.45) is 5.08. The number of fused-ring (bicyclic) bond motifs is 1. The molecule has 0 amide bonds. The second-order valence-corrected chi connectivity index (χ2v) is 7.97. The van der Waals surface area contributed by atoms with Gasteiger partial charge in [-0.1, -0.05) is 0 Å². The van der Waals surface area contributed by atoms with Gasteiger partial charge in [-0.2, -0.15) is 5.10 Å². The fourth-order valence-electron chi connectivity index (χ4n) is 3.65. The van der Waals surface area contributed by atoms with Gasteiger partial charge in [-0.3, -0.25) is 4.68 Å². The molecule has 1 heterocycles. The van der Waals surface area contributed by atoms with Crippen LogP contribution in [0.15, 0.2) is 36.7 Å². The highest BCUT2D eigenvalue weighted by Gasteiger charge is 2.23. The Bertz CT molecular complexity index is 1050.